The minimum Gasteiger partial charge on any atom is -0.394 e. The number of carbonyl (C=O) groups excluding carboxylic acids is 13. The maximum Gasteiger partial charge on any atom is 0.271 e. The van der Waals surface area contributed by atoms with E-state index in [1.54, 1.807) is 68.6 Å². The number of benzene rings is 2. The number of nitrogens with zero attached hydrogens (tertiary/aromatic N) is 6. The largest absolute Gasteiger partial charge is 0.394 e. The average molecular weight is 1620 g/mol. The van der Waals surface area contributed by atoms with Crippen LogP contribution in [0.5, 0.6) is 0 Å². The number of hydrogen-bond acceptors (Lipinski definition) is 20. The van der Waals surface area contributed by atoms with Gasteiger partial charge >= 0.3 is 0 Å². The molecule has 2 aliphatic rings. The molecule has 35 nitrogen and oxygen atoms in total. The predicted molar refractivity (Wildman–Crippen MR) is 427 cm³/mol. The van der Waals surface area contributed by atoms with Gasteiger partial charge in [0.05, 0.1) is 18.3 Å². The molecule has 1 saturated heterocycles. The molecule has 5 heterocycles. The van der Waals surface area contributed by atoms with Gasteiger partial charge in [-0.05, 0) is 161 Å². The van der Waals surface area contributed by atoms with Crippen LogP contribution in [0.15, 0.2) is 128 Å². The first-order chi connectivity index (χ1) is 55.6. The summed E-state index contributed by atoms with van der Waals surface area (Å²) in [5.41, 5.74) is 13.5. The van der Waals surface area contributed by atoms with Gasteiger partial charge < -0.3 is 85.3 Å². The number of unbranched alkanes of at least 4 members (excludes halogenated alkanes) is 1. The molecule has 36 heteroatoms. The number of amides is 13. The van der Waals surface area contributed by atoms with Crippen molar-refractivity contribution in [3.05, 3.63) is 161 Å². The lowest BCUT2D eigenvalue weighted by Crippen LogP contribution is -2.61. The topological polar surface area (TPSA) is 530 Å². The molecule has 2 fully saturated rings. The van der Waals surface area contributed by atoms with Gasteiger partial charge in [0.1, 0.15) is 71.8 Å². The number of guanidine groups is 1. The molecule has 13 amide bonds. The molecule has 8 rings (SSSR count). The number of rotatable bonds is 42. The first-order valence-corrected chi connectivity index (χ1v) is 39.2. The minimum atomic E-state index is -1.85. The number of primary amides is 1. The maximum atomic E-state index is 15.4. The number of fused-ring (bicyclic) bond motifs is 1. The van der Waals surface area contributed by atoms with Crippen molar-refractivity contribution >= 4 is 105 Å². The van der Waals surface area contributed by atoms with E-state index >= 15 is 14.4 Å². The molecule has 0 unspecified atom stereocenters. The number of halogens is 1. The van der Waals surface area contributed by atoms with Crippen LogP contribution >= 0.6 is 11.6 Å². The van der Waals surface area contributed by atoms with E-state index < -0.39 is 144 Å². The van der Waals surface area contributed by atoms with Crippen LogP contribution in [0.4, 0.5) is 0 Å². The maximum absolute atomic E-state index is 15.4. The molecule has 116 heavy (non-hydrogen) atoms. The van der Waals surface area contributed by atoms with E-state index in [1.165, 1.54) is 62.0 Å². The fourth-order valence-corrected chi connectivity index (χ4v) is 13.9. The summed E-state index contributed by atoms with van der Waals surface area (Å²) in [4.78, 5) is 206. The van der Waals surface area contributed by atoms with Crippen molar-refractivity contribution in [1.82, 2.24) is 93.6 Å². The number of aliphatic hydroxyl groups excluding tert-OH is 1. The Kier molecular flexibility index (Phi) is 34.7. The third-order valence-corrected chi connectivity index (χ3v) is 20.1. The summed E-state index contributed by atoms with van der Waals surface area (Å²) in [5.74, 6) is -10.9. The first-order valence-electron chi connectivity index (χ1n) is 38.8. The number of para-hydroxylation sites is 1. The first kappa shape index (κ1) is 89.4. The van der Waals surface area contributed by atoms with Gasteiger partial charge in [0.25, 0.3) is 11.8 Å². The van der Waals surface area contributed by atoms with Crippen LogP contribution in [0.2, 0.25) is 5.02 Å². The molecule has 0 spiro atoms. The van der Waals surface area contributed by atoms with Crippen molar-refractivity contribution in [2.75, 3.05) is 26.2 Å². The molecular formula is C80H104ClN21O14. The van der Waals surface area contributed by atoms with Crippen molar-refractivity contribution in [2.24, 2.45) is 23.3 Å². The smallest absolute Gasteiger partial charge is 0.271 e. The third-order valence-electron chi connectivity index (χ3n) is 19.9. The molecule has 18 N–H and O–H groups in total. The Balaban J connectivity index is 1.06. The molecule has 4 aromatic heterocycles. The summed E-state index contributed by atoms with van der Waals surface area (Å²) in [5, 5.41) is 52.9. The van der Waals surface area contributed by atoms with Crippen LogP contribution in [0.3, 0.4) is 0 Å². The number of aromatic nitrogens is 5. The normalized spacial score (nSPS) is 16.8. The van der Waals surface area contributed by atoms with E-state index in [0.29, 0.717) is 59.3 Å². The number of nitrogens with one attached hydrogen (secondary N) is 13. The van der Waals surface area contributed by atoms with Gasteiger partial charge in [0.2, 0.25) is 65.0 Å². The van der Waals surface area contributed by atoms with Crippen LogP contribution in [0.1, 0.15) is 149 Å². The fourth-order valence-electron chi connectivity index (χ4n) is 13.7. The van der Waals surface area contributed by atoms with Crippen molar-refractivity contribution in [3.63, 3.8) is 0 Å². The quantitative estimate of drug-likeness (QED) is 0.0142. The van der Waals surface area contributed by atoms with Crippen LogP contribution in [-0.2, 0) is 72.0 Å². The van der Waals surface area contributed by atoms with E-state index in [0.717, 1.165) is 5.39 Å². The molecule has 1 aliphatic heterocycles. The molecular weight excluding hydrogens is 1510 g/mol. The summed E-state index contributed by atoms with van der Waals surface area (Å²) < 4.78 is 0. The molecule has 0 radical (unpaired) electrons. The fraction of sp³-hybridized carbons (Fsp3) is 0.463. The highest BCUT2D eigenvalue weighted by atomic mass is 35.5. The number of pyridine rings is 3. The monoisotopic (exact) mass is 1620 g/mol. The Hall–Kier alpha value is -12.1. The number of hydrogen-bond donors (Lipinski definition) is 16. The summed E-state index contributed by atoms with van der Waals surface area (Å²) in [6.07, 6.45) is 12.2. The second kappa shape index (κ2) is 45.1. The number of carbonyl (C=O) groups is 13. The second-order valence-electron chi connectivity index (χ2n) is 29.4. The SMILES string of the molecule is CC(=O)N[C@@H](Cc1cnc2ccccc2c1)C(=O)N[C@@H](Cc1ccc(Cl)cc1)C(=O)N[C@@H](Cc1cccnc1)C(=O)N[C@@H](CO)C(=O)N[C@@H](CC1CCC(NC(=O)c2cnccn2)CC1)C(=O)N[C@@H](CCCCNC(=O)c1ccccn1)C(=O)N[C@@H](CC(C)C)C(=O)N[C@@H](CCCNC(=N)N)C(=O)N1CCC[C@H]1C(=O)N[C@@H](C)C(N)=O. The molecule has 620 valence electrons. The van der Waals surface area contributed by atoms with Gasteiger partial charge in [-0.1, -0.05) is 67.9 Å². The lowest BCUT2D eigenvalue weighted by atomic mass is 9.82. The number of likely N-dealkylation sites (tertiary alicyclic amines) is 1. The Morgan fingerprint density at radius 3 is 1.77 bits per heavy atom. The van der Waals surface area contributed by atoms with E-state index in [4.69, 9.17) is 28.5 Å². The van der Waals surface area contributed by atoms with Gasteiger partial charge in [-0.2, -0.15) is 0 Å². The van der Waals surface area contributed by atoms with Gasteiger partial charge in [-0.15, -0.1) is 0 Å². The second-order valence-corrected chi connectivity index (χ2v) is 29.9. The van der Waals surface area contributed by atoms with Gasteiger partial charge in [0, 0.05) is 99.5 Å². The minimum absolute atomic E-state index is 0.0154. The zero-order chi connectivity index (χ0) is 83.8. The lowest BCUT2D eigenvalue weighted by Gasteiger charge is -2.32. The molecule has 2 aromatic carbocycles. The third kappa shape index (κ3) is 28.4. The molecule has 10 atom stereocenters. The van der Waals surface area contributed by atoms with E-state index in [9.17, 15) is 53.1 Å². The van der Waals surface area contributed by atoms with Crippen molar-refractivity contribution < 1.29 is 67.4 Å². The van der Waals surface area contributed by atoms with Gasteiger partial charge in [0.15, 0.2) is 5.96 Å². The van der Waals surface area contributed by atoms with Crippen LogP contribution in [0.25, 0.3) is 10.9 Å². The van der Waals surface area contributed by atoms with Crippen molar-refractivity contribution in [3.8, 4) is 0 Å². The van der Waals surface area contributed by atoms with E-state index in [1.807, 2.05) is 30.3 Å². The van der Waals surface area contributed by atoms with E-state index in [2.05, 4.69) is 88.7 Å². The van der Waals surface area contributed by atoms with Crippen molar-refractivity contribution in [1.29, 1.82) is 5.41 Å². The zero-order valence-electron chi connectivity index (χ0n) is 65.2. The molecule has 0 bridgehead atoms. The summed E-state index contributed by atoms with van der Waals surface area (Å²) in [6, 6.07) is 9.37. The highest BCUT2D eigenvalue weighted by Crippen LogP contribution is 2.29. The Morgan fingerprint density at radius 1 is 0.534 bits per heavy atom. The summed E-state index contributed by atoms with van der Waals surface area (Å²) in [6.45, 7) is 5.45. The van der Waals surface area contributed by atoms with Gasteiger partial charge in [-0.3, -0.25) is 87.7 Å². The summed E-state index contributed by atoms with van der Waals surface area (Å²) in [7, 11) is 0. The van der Waals surface area contributed by atoms with E-state index in [-0.39, 0.29) is 125 Å². The zero-order valence-corrected chi connectivity index (χ0v) is 66.0. The van der Waals surface area contributed by atoms with Crippen LogP contribution in [0, 0.1) is 17.2 Å². The van der Waals surface area contributed by atoms with Gasteiger partial charge in [-0.25, -0.2) is 4.98 Å². The van der Waals surface area contributed by atoms with Crippen molar-refractivity contribution in [2.45, 2.75) is 197 Å². The Bertz CT molecular complexity index is 4380. The Morgan fingerprint density at radius 2 is 1.12 bits per heavy atom. The highest BCUT2D eigenvalue weighted by Gasteiger charge is 2.41. The number of aliphatic hydroxyl groups is 1. The van der Waals surface area contributed by atoms with Crippen LogP contribution in [-0.4, -0.2) is 210 Å². The molecule has 6 aromatic rings. The molecule has 1 aliphatic carbocycles. The predicted octanol–water partition coefficient (Wildman–Crippen LogP) is 0.656. The molecule has 1 saturated carbocycles. The number of nitrogens with two attached hydrogens (primary N) is 2. The van der Waals surface area contributed by atoms with Crippen LogP contribution < -0.4 is 75.3 Å². The highest BCUT2D eigenvalue weighted by molar-refractivity contribution is 6.30. The Labute approximate surface area is 676 Å². The summed E-state index contributed by atoms with van der Waals surface area (Å²) >= 11 is 6.27. The standard InChI is InChI=1S/C80H104ClN21O14/c1-46(2)36-60(71(108)96-59(19-12-32-90-80(83)84)79(116)102-35-13-20-67(102)78(115)92-47(3)68(82)105)97-70(107)58(18-8-10-31-89-69(106)57-17-7-9-30-87-57)95-73(110)62(39-50-23-27-55(28-24-50)94-76(113)65-44-86-33-34-88-65)100-77(114)66(45-103)101-75(112)64(40-51-14-11-29-85-42-51)99-74(111)63(38-49-21-25-54(81)26-22-49)98-72(109)61(93-48(4)104)41-52-37-53-15-5-6-16-56(53)91-43-52/h5-7,9,11,14-17,21-22,25-26,29-30,33-34,37,42-44,46-47,50,55,58-64,66-67,103H,8,10,12-13,18-20,23-24,27-28,31-32,35-36,38-41,45H2,1-4H3,(H2,82,105)(H,89,106)(H,92,115)(H,93,104)(H,94,113)(H,95,110)(H,96,108)(H,97,107)(H,98,109)(H,99,111)(H,100,114)(H,101,112)(H4,83,84,90)/t47-,50?,55?,58-,59-,60-,61-,62-,63-,64-,66-,67-/m0/s1. The average Bonchev–Trinajstić information content (AvgIpc) is 1.78. The lowest BCUT2D eigenvalue weighted by molar-refractivity contribution is -0.142.